The van der Waals surface area contributed by atoms with E-state index in [1.54, 1.807) is 7.05 Å². The van der Waals surface area contributed by atoms with Crippen molar-refractivity contribution in [3.05, 3.63) is 46.3 Å². The highest BCUT2D eigenvalue weighted by molar-refractivity contribution is 7.89. The molecule has 1 N–H and O–H groups in total. The summed E-state index contributed by atoms with van der Waals surface area (Å²) in [7, 11) is -1.01. The third-order valence-corrected chi connectivity index (χ3v) is 6.89. The number of amides is 1. The van der Waals surface area contributed by atoms with E-state index < -0.39 is 26.8 Å². The summed E-state index contributed by atoms with van der Waals surface area (Å²) in [5, 5.41) is 17.4. The molecule has 166 valence electrons. The second-order valence-electron chi connectivity index (χ2n) is 6.98. The van der Waals surface area contributed by atoms with E-state index in [-0.39, 0.29) is 53.8 Å². The van der Waals surface area contributed by atoms with Gasteiger partial charge in [0.05, 0.1) is 22.6 Å². The molecule has 13 heteroatoms. The van der Waals surface area contributed by atoms with Crippen molar-refractivity contribution in [2.24, 2.45) is 13.0 Å². The Morgan fingerprint density at radius 3 is 2.39 bits per heavy atom. The van der Waals surface area contributed by atoms with Crippen LogP contribution in [0.1, 0.15) is 23.3 Å². The number of rotatable bonds is 6. The number of non-ortho nitro benzene ring substituents is 1. The van der Waals surface area contributed by atoms with E-state index in [0.29, 0.717) is 0 Å². The number of aromatic nitrogens is 2. The van der Waals surface area contributed by atoms with E-state index in [2.05, 4.69) is 15.2 Å². The van der Waals surface area contributed by atoms with E-state index >= 15 is 0 Å². The molecule has 0 atom stereocenters. The number of esters is 1. The Labute approximate surface area is 178 Å². The fraction of sp³-hybridized carbons (Fsp3) is 0.389. The number of ether oxygens (including phenoxy) is 1. The summed E-state index contributed by atoms with van der Waals surface area (Å²) in [6, 6.07) is 4.67. The predicted octanol–water partition coefficient (Wildman–Crippen LogP) is 1.15. The zero-order valence-electron chi connectivity index (χ0n) is 16.8. The van der Waals surface area contributed by atoms with Crippen molar-refractivity contribution in [2.75, 3.05) is 25.5 Å². The lowest BCUT2D eigenvalue weighted by Crippen LogP contribution is -2.41. The van der Waals surface area contributed by atoms with Crippen molar-refractivity contribution in [2.45, 2.75) is 17.7 Å². The highest BCUT2D eigenvalue weighted by Crippen LogP contribution is 2.26. The molecule has 1 fully saturated rings. The van der Waals surface area contributed by atoms with Crippen molar-refractivity contribution in [3.8, 4) is 0 Å². The van der Waals surface area contributed by atoms with Gasteiger partial charge in [0.1, 0.15) is 0 Å². The fourth-order valence-corrected chi connectivity index (χ4v) is 4.78. The minimum atomic E-state index is -3.83. The van der Waals surface area contributed by atoms with Crippen LogP contribution in [0, 0.1) is 16.0 Å². The lowest BCUT2D eigenvalue weighted by atomic mass is 9.97. The maximum absolute atomic E-state index is 12.8. The molecule has 2 aromatic rings. The summed E-state index contributed by atoms with van der Waals surface area (Å²) in [4.78, 5) is 34.5. The number of methoxy groups -OCH3 is 1. The first-order chi connectivity index (χ1) is 14.6. The highest BCUT2D eigenvalue weighted by Gasteiger charge is 2.33. The maximum Gasteiger partial charge on any atom is 0.360 e. The van der Waals surface area contributed by atoms with Crippen molar-refractivity contribution in [1.82, 2.24) is 14.1 Å². The minimum Gasteiger partial charge on any atom is -0.464 e. The zero-order chi connectivity index (χ0) is 22.8. The topological polar surface area (TPSA) is 154 Å². The summed E-state index contributed by atoms with van der Waals surface area (Å²) in [6.45, 7) is 0.239. The number of carbonyl (C=O) groups excluding carboxylic acids is 2. The summed E-state index contributed by atoms with van der Waals surface area (Å²) in [5.74, 6) is -1.47. The molecule has 1 aromatic carbocycles. The third-order valence-electron chi connectivity index (χ3n) is 4.98. The van der Waals surface area contributed by atoms with Crippen molar-refractivity contribution in [1.29, 1.82) is 0 Å². The van der Waals surface area contributed by atoms with E-state index in [1.807, 2.05) is 0 Å². The molecule has 3 rings (SSSR count). The number of nitrogens with one attached hydrogen (secondary N) is 1. The molecule has 0 unspecified atom stereocenters. The number of hydrogen-bond acceptors (Lipinski definition) is 8. The molecule has 0 aliphatic carbocycles. The highest BCUT2D eigenvalue weighted by atomic mass is 32.2. The van der Waals surface area contributed by atoms with Gasteiger partial charge < -0.3 is 10.1 Å². The molecule has 31 heavy (non-hydrogen) atoms. The molecule has 12 nitrogen and oxygen atoms in total. The van der Waals surface area contributed by atoms with Crippen LogP contribution < -0.4 is 5.32 Å². The van der Waals surface area contributed by atoms with Gasteiger partial charge in [-0.25, -0.2) is 13.2 Å². The van der Waals surface area contributed by atoms with Gasteiger partial charge in [0.2, 0.25) is 15.9 Å². The number of aryl methyl sites for hydroxylation is 1. The normalized spacial score (nSPS) is 15.4. The Morgan fingerprint density at radius 2 is 1.84 bits per heavy atom. The van der Waals surface area contributed by atoms with Gasteiger partial charge in [0.15, 0.2) is 5.69 Å². The van der Waals surface area contributed by atoms with Gasteiger partial charge in [0.25, 0.3) is 5.69 Å². The molecular weight excluding hydrogens is 430 g/mol. The molecule has 0 saturated carbocycles. The summed E-state index contributed by atoms with van der Waals surface area (Å²) in [6.07, 6.45) is 2.05. The number of sulfonamides is 1. The molecule has 0 bridgehead atoms. The molecule has 2 heterocycles. The van der Waals surface area contributed by atoms with Gasteiger partial charge in [-0.15, -0.1) is 0 Å². The van der Waals surface area contributed by atoms with Gasteiger partial charge >= 0.3 is 5.97 Å². The molecular formula is C18H21N5O7S. The number of nitro benzene ring substituents is 1. The first-order valence-electron chi connectivity index (χ1n) is 9.31. The van der Waals surface area contributed by atoms with Gasteiger partial charge in [-0.3, -0.25) is 19.6 Å². The molecule has 1 aliphatic rings. The van der Waals surface area contributed by atoms with Gasteiger partial charge in [0, 0.05) is 44.4 Å². The molecule has 1 aliphatic heterocycles. The van der Waals surface area contributed by atoms with Gasteiger partial charge in [-0.1, -0.05) is 0 Å². The number of piperidine rings is 1. The molecule has 0 radical (unpaired) electrons. The van der Waals surface area contributed by atoms with Crippen LogP contribution in [-0.4, -0.2) is 59.5 Å². The maximum atomic E-state index is 12.8. The largest absolute Gasteiger partial charge is 0.464 e. The third kappa shape index (κ3) is 4.72. The van der Waals surface area contributed by atoms with Crippen molar-refractivity contribution < 1.29 is 27.7 Å². The summed E-state index contributed by atoms with van der Waals surface area (Å²) in [5.41, 5.74) is 0.00729. The van der Waals surface area contributed by atoms with E-state index in [9.17, 15) is 28.1 Å². The van der Waals surface area contributed by atoms with Crippen LogP contribution in [-0.2, 0) is 26.6 Å². The van der Waals surface area contributed by atoms with Crippen LogP contribution in [0.25, 0.3) is 0 Å². The zero-order valence-corrected chi connectivity index (χ0v) is 17.7. The Morgan fingerprint density at radius 1 is 1.23 bits per heavy atom. The fourth-order valence-electron chi connectivity index (χ4n) is 3.31. The van der Waals surface area contributed by atoms with Crippen molar-refractivity contribution in [3.63, 3.8) is 0 Å². The second-order valence-corrected chi connectivity index (χ2v) is 8.91. The first-order valence-corrected chi connectivity index (χ1v) is 10.7. The van der Waals surface area contributed by atoms with Crippen LogP contribution in [0.3, 0.4) is 0 Å². The number of nitrogens with zero attached hydrogens (tertiary/aromatic N) is 4. The average Bonchev–Trinajstić information content (AvgIpc) is 3.13. The molecule has 0 spiro atoms. The van der Waals surface area contributed by atoms with E-state index in [0.717, 1.165) is 12.1 Å². The Balaban J connectivity index is 1.64. The summed E-state index contributed by atoms with van der Waals surface area (Å²) < 4.78 is 32.9. The van der Waals surface area contributed by atoms with Crippen LogP contribution in [0.5, 0.6) is 0 Å². The number of benzene rings is 1. The van der Waals surface area contributed by atoms with E-state index in [4.69, 9.17) is 0 Å². The van der Waals surface area contributed by atoms with Gasteiger partial charge in [-0.2, -0.15) is 9.40 Å². The SMILES string of the molecule is COC(=O)c1nn(C)cc1NC(=O)C1CCN(S(=O)(=O)c2ccc([N+](=O)[O-])cc2)CC1. The lowest BCUT2D eigenvalue weighted by Gasteiger charge is -2.30. The van der Waals surface area contributed by atoms with Crippen LogP contribution >= 0.6 is 0 Å². The Bertz CT molecular complexity index is 1100. The Kier molecular flexibility index (Phi) is 6.36. The average molecular weight is 451 g/mol. The number of nitro groups is 1. The first kappa shape index (κ1) is 22.4. The molecule has 1 amide bonds. The second kappa shape index (κ2) is 8.81. The van der Waals surface area contributed by atoms with Crippen LogP contribution in [0.2, 0.25) is 0 Å². The summed E-state index contributed by atoms with van der Waals surface area (Å²) >= 11 is 0. The van der Waals surface area contributed by atoms with Crippen molar-refractivity contribution >= 4 is 33.3 Å². The lowest BCUT2D eigenvalue weighted by molar-refractivity contribution is -0.384. The predicted molar refractivity (Wildman–Crippen MR) is 108 cm³/mol. The number of carbonyl (C=O) groups is 2. The minimum absolute atomic E-state index is 0.0171. The quantitative estimate of drug-likeness (QED) is 0.390. The number of anilines is 1. The van der Waals surface area contributed by atoms with Crippen LogP contribution in [0.15, 0.2) is 35.4 Å². The van der Waals surface area contributed by atoms with Gasteiger partial charge in [-0.05, 0) is 25.0 Å². The Hall–Kier alpha value is -3.32. The number of hydrogen-bond donors (Lipinski definition) is 1. The van der Waals surface area contributed by atoms with E-state index in [1.165, 1.54) is 34.4 Å². The standard InChI is InChI=1S/C18H21N5O7S/c1-21-11-15(16(20-21)18(25)30-2)19-17(24)12-7-9-22(10-8-12)31(28,29)14-5-3-13(4-6-14)23(26)27/h3-6,11-12H,7-10H2,1-2H3,(H,19,24). The van der Waals surface area contributed by atoms with Crippen LogP contribution in [0.4, 0.5) is 11.4 Å². The molecule has 1 saturated heterocycles. The smallest absolute Gasteiger partial charge is 0.360 e. The monoisotopic (exact) mass is 451 g/mol. The molecule has 1 aromatic heterocycles.